The highest BCUT2D eigenvalue weighted by Gasteiger charge is 2.16. The summed E-state index contributed by atoms with van der Waals surface area (Å²) >= 11 is 0. The summed E-state index contributed by atoms with van der Waals surface area (Å²) in [6.45, 7) is 3.71. The van der Waals surface area contributed by atoms with Crippen molar-refractivity contribution < 1.29 is 19.8 Å². The molecule has 1 fully saturated rings. The number of carboxylic acid groups (broad SMARTS) is 2. The molecule has 1 saturated heterocycles. The second kappa shape index (κ2) is 9.92. The third-order valence-electron chi connectivity index (χ3n) is 3.74. The Morgan fingerprint density at radius 3 is 2.14 bits per heavy atom. The van der Waals surface area contributed by atoms with Gasteiger partial charge in [0.25, 0.3) is 0 Å². The van der Waals surface area contributed by atoms with Crippen LogP contribution in [0.2, 0.25) is 0 Å². The molecule has 0 spiro atoms. The van der Waals surface area contributed by atoms with Gasteiger partial charge in [-0.15, -0.1) is 0 Å². The average Bonchev–Trinajstić information content (AvgIpc) is 2.55. The Morgan fingerprint density at radius 1 is 1.14 bits per heavy atom. The van der Waals surface area contributed by atoms with E-state index < -0.39 is 11.9 Å². The zero-order chi connectivity index (χ0) is 16.4. The van der Waals surface area contributed by atoms with E-state index in [1.54, 1.807) is 0 Å². The summed E-state index contributed by atoms with van der Waals surface area (Å²) in [6, 6.07) is 11.5. The van der Waals surface area contributed by atoms with Gasteiger partial charge >= 0.3 is 11.9 Å². The SMILES string of the molecule is CNC1CCN(CCc2ccccc2)CC1.O=C(O)C(=O)O. The molecule has 0 bridgehead atoms. The van der Waals surface area contributed by atoms with E-state index in [1.165, 1.54) is 44.5 Å². The first-order valence-corrected chi connectivity index (χ1v) is 7.42. The topological polar surface area (TPSA) is 89.9 Å². The van der Waals surface area contributed by atoms with Crippen molar-refractivity contribution in [3.63, 3.8) is 0 Å². The van der Waals surface area contributed by atoms with Crippen molar-refractivity contribution in [3.8, 4) is 0 Å². The highest BCUT2D eigenvalue weighted by Crippen LogP contribution is 2.10. The molecule has 122 valence electrons. The van der Waals surface area contributed by atoms with Gasteiger partial charge in [-0.25, -0.2) is 9.59 Å². The van der Waals surface area contributed by atoms with Crippen molar-refractivity contribution in [2.75, 3.05) is 26.7 Å². The number of nitrogens with one attached hydrogen (secondary N) is 1. The summed E-state index contributed by atoms with van der Waals surface area (Å²) in [7, 11) is 2.07. The summed E-state index contributed by atoms with van der Waals surface area (Å²) in [4.78, 5) is 20.8. The number of rotatable bonds is 4. The number of carboxylic acids is 2. The van der Waals surface area contributed by atoms with E-state index in [-0.39, 0.29) is 0 Å². The van der Waals surface area contributed by atoms with Crippen LogP contribution in [0.1, 0.15) is 18.4 Å². The average molecular weight is 308 g/mol. The fraction of sp³-hybridized carbons (Fsp3) is 0.500. The molecule has 1 aliphatic rings. The summed E-state index contributed by atoms with van der Waals surface area (Å²) in [5.74, 6) is -3.65. The van der Waals surface area contributed by atoms with Crippen LogP contribution in [0.5, 0.6) is 0 Å². The van der Waals surface area contributed by atoms with Gasteiger partial charge in [-0.2, -0.15) is 0 Å². The van der Waals surface area contributed by atoms with Crippen LogP contribution in [0.3, 0.4) is 0 Å². The molecule has 0 aromatic heterocycles. The van der Waals surface area contributed by atoms with Gasteiger partial charge < -0.3 is 20.4 Å². The third-order valence-corrected chi connectivity index (χ3v) is 3.74. The second-order valence-electron chi connectivity index (χ2n) is 5.25. The molecule has 0 atom stereocenters. The van der Waals surface area contributed by atoms with Crippen molar-refractivity contribution in [1.29, 1.82) is 0 Å². The van der Waals surface area contributed by atoms with Crippen molar-refractivity contribution in [1.82, 2.24) is 10.2 Å². The lowest BCUT2D eigenvalue weighted by molar-refractivity contribution is -0.159. The van der Waals surface area contributed by atoms with E-state index in [0.29, 0.717) is 0 Å². The highest BCUT2D eigenvalue weighted by atomic mass is 16.4. The maximum atomic E-state index is 9.10. The molecule has 6 heteroatoms. The normalized spacial score (nSPS) is 15.7. The van der Waals surface area contributed by atoms with Gasteiger partial charge in [-0.3, -0.25) is 0 Å². The maximum absolute atomic E-state index is 9.10. The minimum atomic E-state index is -1.82. The van der Waals surface area contributed by atoms with Crippen LogP contribution in [0.25, 0.3) is 0 Å². The Balaban J connectivity index is 0.000000346. The van der Waals surface area contributed by atoms with Crippen molar-refractivity contribution >= 4 is 11.9 Å². The van der Waals surface area contributed by atoms with Crippen LogP contribution < -0.4 is 5.32 Å². The molecule has 1 aliphatic heterocycles. The highest BCUT2D eigenvalue weighted by molar-refractivity contribution is 6.27. The van der Waals surface area contributed by atoms with E-state index in [9.17, 15) is 0 Å². The quantitative estimate of drug-likeness (QED) is 0.721. The van der Waals surface area contributed by atoms with Crippen LogP contribution >= 0.6 is 0 Å². The van der Waals surface area contributed by atoms with Gasteiger partial charge in [0.15, 0.2) is 0 Å². The Kier molecular flexibility index (Phi) is 8.17. The molecular formula is C16H24N2O4. The number of piperidine rings is 1. The first-order valence-electron chi connectivity index (χ1n) is 7.42. The molecule has 0 radical (unpaired) electrons. The Morgan fingerprint density at radius 2 is 1.68 bits per heavy atom. The maximum Gasteiger partial charge on any atom is 0.414 e. The smallest absolute Gasteiger partial charge is 0.414 e. The second-order valence-corrected chi connectivity index (χ2v) is 5.25. The summed E-state index contributed by atoms with van der Waals surface area (Å²) in [6.07, 6.45) is 3.78. The molecule has 0 unspecified atom stereocenters. The number of hydrogen-bond acceptors (Lipinski definition) is 4. The lowest BCUT2D eigenvalue weighted by atomic mass is 10.0. The molecule has 6 nitrogen and oxygen atoms in total. The van der Waals surface area contributed by atoms with Gasteiger partial charge in [0.05, 0.1) is 0 Å². The Hall–Kier alpha value is -1.92. The molecule has 3 N–H and O–H groups in total. The molecule has 0 saturated carbocycles. The number of hydrogen-bond donors (Lipinski definition) is 3. The van der Waals surface area contributed by atoms with Gasteiger partial charge in [0, 0.05) is 12.6 Å². The summed E-state index contributed by atoms with van der Waals surface area (Å²) in [5, 5.41) is 18.2. The molecular weight excluding hydrogens is 284 g/mol. The van der Waals surface area contributed by atoms with Gasteiger partial charge in [-0.1, -0.05) is 30.3 Å². The molecule has 1 aromatic rings. The van der Waals surface area contributed by atoms with Gasteiger partial charge in [0.2, 0.25) is 0 Å². The fourth-order valence-corrected chi connectivity index (χ4v) is 2.38. The number of benzene rings is 1. The van der Waals surface area contributed by atoms with Gasteiger partial charge in [0.1, 0.15) is 0 Å². The molecule has 0 amide bonds. The largest absolute Gasteiger partial charge is 0.473 e. The lowest BCUT2D eigenvalue weighted by Gasteiger charge is -2.31. The van der Waals surface area contributed by atoms with Crippen molar-refractivity contribution in [2.45, 2.75) is 25.3 Å². The number of carbonyl (C=O) groups is 2. The summed E-state index contributed by atoms with van der Waals surface area (Å²) in [5.41, 5.74) is 1.46. The standard InChI is InChI=1S/C14H22N2.C2H2O4/c1-15-14-8-11-16(12-9-14)10-7-13-5-3-2-4-6-13;3-1(4)2(5)6/h2-6,14-15H,7-12H2,1H3;(H,3,4)(H,5,6). The Bertz CT molecular complexity index is 444. The number of aliphatic carboxylic acids is 2. The van der Waals surface area contributed by atoms with E-state index in [1.807, 2.05) is 0 Å². The van der Waals surface area contributed by atoms with E-state index >= 15 is 0 Å². The monoisotopic (exact) mass is 308 g/mol. The van der Waals surface area contributed by atoms with Crippen molar-refractivity contribution in [2.24, 2.45) is 0 Å². The molecule has 1 aromatic carbocycles. The van der Waals surface area contributed by atoms with Crippen LogP contribution in [0.15, 0.2) is 30.3 Å². The Labute approximate surface area is 130 Å². The van der Waals surface area contributed by atoms with E-state index in [4.69, 9.17) is 19.8 Å². The van der Waals surface area contributed by atoms with Crippen LogP contribution in [0.4, 0.5) is 0 Å². The predicted octanol–water partition coefficient (Wildman–Crippen LogP) is 1.07. The number of likely N-dealkylation sites (tertiary alicyclic amines) is 1. The fourth-order valence-electron chi connectivity index (χ4n) is 2.38. The molecule has 22 heavy (non-hydrogen) atoms. The van der Waals surface area contributed by atoms with E-state index in [2.05, 4.69) is 47.6 Å². The molecule has 2 rings (SSSR count). The van der Waals surface area contributed by atoms with E-state index in [0.717, 1.165) is 6.04 Å². The third kappa shape index (κ3) is 7.19. The predicted molar refractivity (Wildman–Crippen MR) is 83.9 cm³/mol. The first-order chi connectivity index (χ1) is 10.5. The first kappa shape index (κ1) is 18.1. The molecule has 0 aliphatic carbocycles. The lowest BCUT2D eigenvalue weighted by Crippen LogP contribution is -2.41. The zero-order valence-electron chi connectivity index (χ0n) is 12.9. The number of nitrogens with zero attached hydrogens (tertiary/aromatic N) is 1. The van der Waals surface area contributed by atoms with Crippen LogP contribution in [-0.4, -0.2) is 59.8 Å². The minimum absolute atomic E-state index is 0.743. The van der Waals surface area contributed by atoms with Crippen LogP contribution in [-0.2, 0) is 16.0 Å². The molecule has 1 heterocycles. The summed E-state index contributed by atoms with van der Waals surface area (Å²) < 4.78 is 0. The van der Waals surface area contributed by atoms with Gasteiger partial charge in [-0.05, 0) is 45.0 Å². The van der Waals surface area contributed by atoms with Crippen molar-refractivity contribution in [3.05, 3.63) is 35.9 Å². The van der Waals surface area contributed by atoms with Crippen LogP contribution in [0, 0.1) is 0 Å². The minimum Gasteiger partial charge on any atom is -0.473 e. The zero-order valence-corrected chi connectivity index (χ0v) is 12.9.